The van der Waals surface area contributed by atoms with Crippen LogP contribution >= 0.6 is 0 Å². The Kier molecular flexibility index (Phi) is 5.73. The molecular weight excluding hydrogens is 437 g/mol. The maximum atomic E-state index is 15.5. The van der Waals surface area contributed by atoms with E-state index in [0.29, 0.717) is 59.7 Å². The molecule has 2 aromatic heterocycles. The van der Waals surface area contributed by atoms with E-state index in [1.807, 2.05) is 6.92 Å². The third-order valence-corrected chi connectivity index (χ3v) is 7.00. The number of hydrogen-bond donors (Lipinski definition) is 3. The molecule has 0 radical (unpaired) electrons. The molecular formula is C25H28FN5O3. The lowest BCUT2D eigenvalue weighted by molar-refractivity contribution is 0.0836. The van der Waals surface area contributed by atoms with Crippen molar-refractivity contribution in [3.05, 3.63) is 41.6 Å². The fourth-order valence-corrected chi connectivity index (χ4v) is 5.04. The first-order valence-electron chi connectivity index (χ1n) is 11.6. The topological polar surface area (TPSA) is 114 Å². The van der Waals surface area contributed by atoms with E-state index in [0.717, 1.165) is 29.9 Å². The number of nitrogens with two attached hydrogens (primary N) is 1. The summed E-state index contributed by atoms with van der Waals surface area (Å²) in [7, 11) is 0. The smallest absolute Gasteiger partial charge is 0.413 e. The molecule has 3 aromatic rings. The van der Waals surface area contributed by atoms with Crippen LogP contribution in [0.25, 0.3) is 21.9 Å². The molecule has 4 N–H and O–H groups in total. The molecule has 0 aliphatic carbocycles. The summed E-state index contributed by atoms with van der Waals surface area (Å²) in [6.07, 6.45) is 4.25. The number of carbonyl (C=O) groups is 1. The van der Waals surface area contributed by atoms with Crippen molar-refractivity contribution in [2.45, 2.75) is 45.1 Å². The minimum atomic E-state index is -1.08. The van der Waals surface area contributed by atoms with E-state index in [-0.39, 0.29) is 11.7 Å². The fraction of sp³-hybridized carbons (Fsp3) is 0.400. The van der Waals surface area contributed by atoms with Gasteiger partial charge >= 0.3 is 6.09 Å². The Hall–Kier alpha value is -3.46. The third-order valence-electron chi connectivity index (χ3n) is 7.00. The number of benzene rings is 1. The number of nitrogens with zero attached hydrogens (tertiary/aromatic N) is 3. The van der Waals surface area contributed by atoms with E-state index in [9.17, 15) is 9.90 Å². The molecule has 0 spiro atoms. The quantitative estimate of drug-likeness (QED) is 0.471. The first kappa shape index (κ1) is 22.3. The second-order valence-electron chi connectivity index (χ2n) is 9.09. The SMILES string of the molecule is Cc1c(-c2cc3cc(N(C(=O)O)C4CCOCC4)ncc3c(N)c2F)cnc2c1NCC[C@@H]2C. The number of pyridine rings is 2. The van der Waals surface area contributed by atoms with Crippen LogP contribution in [-0.2, 0) is 4.74 Å². The first-order valence-corrected chi connectivity index (χ1v) is 11.6. The summed E-state index contributed by atoms with van der Waals surface area (Å²) in [5.74, 6) is 0.0891. The first-order chi connectivity index (χ1) is 16.4. The molecule has 1 saturated heterocycles. The number of rotatable bonds is 3. The van der Waals surface area contributed by atoms with E-state index in [1.165, 1.54) is 11.1 Å². The van der Waals surface area contributed by atoms with Crippen LogP contribution in [0.1, 0.15) is 43.4 Å². The maximum Gasteiger partial charge on any atom is 0.413 e. The summed E-state index contributed by atoms with van der Waals surface area (Å²) in [5, 5.41) is 14.4. The molecule has 8 nitrogen and oxygen atoms in total. The molecule has 0 bridgehead atoms. The summed E-state index contributed by atoms with van der Waals surface area (Å²) >= 11 is 0. The largest absolute Gasteiger partial charge is 0.465 e. The highest BCUT2D eigenvalue weighted by Crippen LogP contribution is 2.40. The van der Waals surface area contributed by atoms with Crippen LogP contribution in [0.3, 0.4) is 0 Å². The van der Waals surface area contributed by atoms with Crippen molar-refractivity contribution in [3.63, 3.8) is 0 Å². The highest BCUT2D eigenvalue weighted by molar-refractivity contribution is 5.99. The van der Waals surface area contributed by atoms with Crippen molar-refractivity contribution in [2.75, 3.05) is 35.7 Å². The highest BCUT2D eigenvalue weighted by Gasteiger charge is 2.29. The average Bonchev–Trinajstić information content (AvgIpc) is 2.83. The number of halogens is 1. The van der Waals surface area contributed by atoms with Crippen LogP contribution in [0, 0.1) is 12.7 Å². The molecule has 34 heavy (non-hydrogen) atoms. The Morgan fingerprint density at radius 3 is 2.71 bits per heavy atom. The van der Waals surface area contributed by atoms with Gasteiger partial charge in [-0.15, -0.1) is 0 Å². The van der Waals surface area contributed by atoms with Gasteiger partial charge in [-0.1, -0.05) is 6.92 Å². The number of aromatic nitrogens is 2. The minimum absolute atomic E-state index is 0.0158. The molecule has 2 aliphatic heterocycles. The van der Waals surface area contributed by atoms with Gasteiger partial charge in [0.1, 0.15) is 5.82 Å². The zero-order valence-corrected chi connectivity index (χ0v) is 19.3. The van der Waals surface area contributed by atoms with Crippen molar-refractivity contribution in [1.29, 1.82) is 0 Å². The Balaban J connectivity index is 1.63. The average molecular weight is 466 g/mol. The van der Waals surface area contributed by atoms with Crippen LogP contribution in [0.15, 0.2) is 24.5 Å². The van der Waals surface area contributed by atoms with Crippen LogP contribution < -0.4 is 16.0 Å². The summed E-state index contributed by atoms with van der Waals surface area (Å²) in [4.78, 5) is 22.3. The fourth-order valence-electron chi connectivity index (χ4n) is 5.04. The molecule has 5 rings (SSSR count). The number of carboxylic acid groups (broad SMARTS) is 1. The Labute approximate surface area is 196 Å². The van der Waals surface area contributed by atoms with E-state index in [2.05, 4.69) is 22.2 Å². The second-order valence-corrected chi connectivity index (χ2v) is 9.09. The molecule has 4 heterocycles. The lowest BCUT2D eigenvalue weighted by atomic mass is 9.91. The molecule has 2 aliphatic rings. The van der Waals surface area contributed by atoms with Crippen molar-refractivity contribution < 1.29 is 19.0 Å². The minimum Gasteiger partial charge on any atom is -0.465 e. The summed E-state index contributed by atoms with van der Waals surface area (Å²) in [6.45, 7) is 5.94. The lowest BCUT2D eigenvalue weighted by Crippen LogP contribution is -2.43. The van der Waals surface area contributed by atoms with Gasteiger partial charge in [-0.25, -0.2) is 14.2 Å². The summed E-state index contributed by atoms with van der Waals surface area (Å²) in [5.41, 5.74) is 10.0. The lowest BCUT2D eigenvalue weighted by Gasteiger charge is -2.31. The summed E-state index contributed by atoms with van der Waals surface area (Å²) in [6, 6.07) is 3.15. The van der Waals surface area contributed by atoms with E-state index < -0.39 is 11.9 Å². The Morgan fingerprint density at radius 1 is 1.21 bits per heavy atom. The van der Waals surface area contributed by atoms with Gasteiger partial charge in [-0.2, -0.15) is 0 Å². The second kappa shape index (κ2) is 8.72. The monoisotopic (exact) mass is 465 g/mol. The van der Waals surface area contributed by atoms with Gasteiger partial charge in [0, 0.05) is 60.6 Å². The molecule has 1 aromatic carbocycles. The maximum absolute atomic E-state index is 15.5. The normalized spacial score (nSPS) is 18.4. The van der Waals surface area contributed by atoms with Crippen LogP contribution in [0.2, 0.25) is 0 Å². The predicted molar refractivity (Wildman–Crippen MR) is 130 cm³/mol. The number of nitrogen functional groups attached to an aromatic ring is 1. The summed E-state index contributed by atoms with van der Waals surface area (Å²) < 4.78 is 20.8. The van der Waals surface area contributed by atoms with Gasteiger partial charge < -0.3 is 20.9 Å². The Bertz CT molecular complexity index is 1280. The van der Waals surface area contributed by atoms with E-state index in [1.54, 1.807) is 18.3 Å². The number of ether oxygens (including phenoxy) is 1. The van der Waals surface area contributed by atoms with Crippen molar-refractivity contribution in [3.8, 4) is 11.1 Å². The van der Waals surface area contributed by atoms with Gasteiger partial charge in [0.2, 0.25) is 0 Å². The predicted octanol–water partition coefficient (Wildman–Crippen LogP) is 4.91. The van der Waals surface area contributed by atoms with Crippen LogP contribution in [0.5, 0.6) is 0 Å². The number of amides is 1. The van der Waals surface area contributed by atoms with Gasteiger partial charge in [-0.05, 0) is 49.3 Å². The number of nitrogens with one attached hydrogen (secondary N) is 1. The van der Waals surface area contributed by atoms with Crippen molar-refractivity contribution in [2.24, 2.45) is 0 Å². The molecule has 9 heteroatoms. The van der Waals surface area contributed by atoms with Gasteiger partial charge in [0.15, 0.2) is 5.82 Å². The molecule has 1 amide bonds. The standard InChI is InChI=1S/C25H28FN5O3/c1-13-3-6-28-24-14(2)18(11-30-23(13)24)17-9-15-10-20(29-12-19(15)22(27)21(17)26)31(25(32)33)16-4-7-34-8-5-16/h9-13,16,28H,3-8,27H2,1-2H3,(H,32,33)/t13-/m0/s1. The van der Waals surface area contributed by atoms with Gasteiger partial charge in [-0.3, -0.25) is 9.88 Å². The van der Waals surface area contributed by atoms with Crippen molar-refractivity contribution in [1.82, 2.24) is 9.97 Å². The molecule has 178 valence electrons. The third kappa shape index (κ3) is 3.69. The molecule has 1 fully saturated rings. The molecule has 1 atom stereocenters. The Morgan fingerprint density at radius 2 is 1.97 bits per heavy atom. The zero-order chi connectivity index (χ0) is 24.0. The number of anilines is 3. The number of hydrogen-bond acceptors (Lipinski definition) is 6. The molecule has 0 saturated carbocycles. The van der Waals surface area contributed by atoms with Crippen LogP contribution in [-0.4, -0.2) is 47.0 Å². The van der Waals surface area contributed by atoms with Gasteiger partial charge in [0.25, 0.3) is 0 Å². The van der Waals surface area contributed by atoms with E-state index in [4.69, 9.17) is 10.5 Å². The van der Waals surface area contributed by atoms with E-state index >= 15 is 4.39 Å². The number of fused-ring (bicyclic) bond motifs is 2. The van der Waals surface area contributed by atoms with Gasteiger partial charge in [0.05, 0.1) is 17.1 Å². The highest BCUT2D eigenvalue weighted by atomic mass is 19.1. The van der Waals surface area contributed by atoms with Crippen molar-refractivity contribution >= 4 is 34.1 Å². The molecule has 0 unspecified atom stereocenters. The zero-order valence-electron chi connectivity index (χ0n) is 19.3. The van der Waals surface area contributed by atoms with Crippen LogP contribution in [0.4, 0.5) is 26.4 Å².